The SMILES string of the molecule is Cc1cc(-c2ccc(C(C)C)c(S(=O)(=O)Nc3ccc(C)c(N(C)C)c3)c2)on1. The van der Waals surface area contributed by atoms with Gasteiger partial charge in [-0.2, -0.15) is 0 Å². The number of anilines is 2. The van der Waals surface area contributed by atoms with Gasteiger partial charge in [-0.05, 0) is 49.1 Å². The highest BCUT2D eigenvalue weighted by Crippen LogP contribution is 2.32. The molecule has 0 saturated carbocycles. The van der Waals surface area contributed by atoms with E-state index < -0.39 is 10.0 Å². The summed E-state index contributed by atoms with van der Waals surface area (Å²) in [6.45, 7) is 7.77. The van der Waals surface area contributed by atoms with E-state index >= 15 is 0 Å². The van der Waals surface area contributed by atoms with Crippen molar-refractivity contribution in [3.8, 4) is 11.3 Å². The largest absolute Gasteiger partial charge is 0.377 e. The van der Waals surface area contributed by atoms with Gasteiger partial charge >= 0.3 is 0 Å². The van der Waals surface area contributed by atoms with Crippen LogP contribution in [0, 0.1) is 13.8 Å². The van der Waals surface area contributed by atoms with Gasteiger partial charge in [0, 0.05) is 31.4 Å². The summed E-state index contributed by atoms with van der Waals surface area (Å²) in [7, 11) is 0.0632. The normalized spacial score (nSPS) is 11.7. The standard InChI is InChI=1S/C22H27N3O3S/c1-14(2)19-10-8-17(21-11-16(4)23-28-21)12-22(19)29(26,27)24-18-9-7-15(3)20(13-18)25(5)6/h7-14,24H,1-6H3. The first-order valence-corrected chi connectivity index (χ1v) is 10.9. The van der Waals surface area contributed by atoms with Gasteiger partial charge in [0.1, 0.15) is 0 Å². The van der Waals surface area contributed by atoms with E-state index in [2.05, 4.69) is 9.88 Å². The lowest BCUT2D eigenvalue weighted by Gasteiger charge is -2.19. The Morgan fingerprint density at radius 3 is 2.34 bits per heavy atom. The summed E-state index contributed by atoms with van der Waals surface area (Å²) < 4.78 is 34.7. The summed E-state index contributed by atoms with van der Waals surface area (Å²) in [4.78, 5) is 2.20. The third kappa shape index (κ3) is 4.45. The van der Waals surface area contributed by atoms with Crippen LogP contribution in [0.15, 0.2) is 51.9 Å². The molecule has 1 N–H and O–H groups in total. The van der Waals surface area contributed by atoms with Gasteiger partial charge in [0.25, 0.3) is 10.0 Å². The van der Waals surface area contributed by atoms with E-state index in [-0.39, 0.29) is 10.8 Å². The highest BCUT2D eigenvalue weighted by Gasteiger charge is 2.22. The molecular weight excluding hydrogens is 386 g/mol. The fraction of sp³-hybridized carbons (Fsp3) is 0.318. The number of sulfonamides is 1. The molecular formula is C22H27N3O3S. The van der Waals surface area contributed by atoms with E-state index in [1.165, 1.54) is 0 Å². The van der Waals surface area contributed by atoms with Crippen molar-refractivity contribution in [2.75, 3.05) is 23.7 Å². The fourth-order valence-electron chi connectivity index (χ4n) is 3.26. The van der Waals surface area contributed by atoms with Crippen LogP contribution in [0.5, 0.6) is 0 Å². The lowest BCUT2D eigenvalue weighted by atomic mass is 10.0. The van der Waals surface area contributed by atoms with Crippen molar-refractivity contribution >= 4 is 21.4 Å². The molecule has 0 saturated heterocycles. The second-order valence-corrected chi connectivity index (χ2v) is 9.39. The van der Waals surface area contributed by atoms with Gasteiger partial charge in [-0.3, -0.25) is 4.72 Å². The van der Waals surface area contributed by atoms with Crippen molar-refractivity contribution in [2.45, 2.75) is 38.5 Å². The van der Waals surface area contributed by atoms with Crippen molar-refractivity contribution in [1.29, 1.82) is 0 Å². The Morgan fingerprint density at radius 2 is 1.76 bits per heavy atom. The Morgan fingerprint density at radius 1 is 1.03 bits per heavy atom. The number of rotatable bonds is 6. The monoisotopic (exact) mass is 413 g/mol. The molecule has 0 bridgehead atoms. The smallest absolute Gasteiger partial charge is 0.262 e. The molecule has 3 aromatic rings. The maximum atomic E-state index is 13.3. The fourth-order valence-corrected chi connectivity index (χ4v) is 4.71. The summed E-state index contributed by atoms with van der Waals surface area (Å²) in [5.74, 6) is 0.585. The first kappa shape index (κ1) is 20.9. The number of nitrogens with one attached hydrogen (secondary N) is 1. The quantitative estimate of drug-likeness (QED) is 0.619. The lowest BCUT2D eigenvalue weighted by molar-refractivity contribution is 0.427. The van der Waals surface area contributed by atoms with Crippen LogP contribution in [0.4, 0.5) is 11.4 Å². The molecule has 0 aliphatic carbocycles. The molecule has 0 atom stereocenters. The van der Waals surface area contributed by atoms with Gasteiger partial charge in [0.2, 0.25) is 0 Å². The molecule has 0 spiro atoms. The summed E-state index contributed by atoms with van der Waals surface area (Å²) in [5.41, 5.74) is 4.72. The molecule has 0 aliphatic rings. The van der Waals surface area contributed by atoms with Crippen molar-refractivity contribution in [3.05, 3.63) is 59.3 Å². The maximum absolute atomic E-state index is 13.3. The number of hydrogen-bond acceptors (Lipinski definition) is 5. The summed E-state index contributed by atoms with van der Waals surface area (Å²) >= 11 is 0. The number of benzene rings is 2. The second-order valence-electron chi connectivity index (χ2n) is 7.74. The number of aryl methyl sites for hydroxylation is 2. The summed E-state index contributed by atoms with van der Waals surface area (Å²) in [6, 6.07) is 12.7. The molecule has 29 heavy (non-hydrogen) atoms. The molecule has 0 amide bonds. The molecule has 1 heterocycles. The highest BCUT2D eigenvalue weighted by atomic mass is 32.2. The van der Waals surface area contributed by atoms with Crippen molar-refractivity contribution < 1.29 is 12.9 Å². The molecule has 0 radical (unpaired) electrons. The van der Waals surface area contributed by atoms with Gasteiger partial charge < -0.3 is 9.42 Å². The minimum Gasteiger partial charge on any atom is -0.377 e. The first-order chi connectivity index (χ1) is 13.6. The van der Waals surface area contributed by atoms with Gasteiger partial charge in [-0.25, -0.2) is 8.42 Å². The topological polar surface area (TPSA) is 75.4 Å². The zero-order valence-electron chi connectivity index (χ0n) is 17.6. The average molecular weight is 414 g/mol. The van der Waals surface area contributed by atoms with Crippen molar-refractivity contribution in [3.63, 3.8) is 0 Å². The summed E-state index contributed by atoms with van der Waals surface area (Å²) in [5, 5.41) is 3.90. The molecule has 1 aromatic heterocycles. The zero-order valence-corrected chi connectivity index (χ0v) is 18.5. The Hall–Kier alpha value is -2.80. The van der Waals surface area contributed by atoms with E-state index in [1.54, 1.807) is 18.2 Å². The van der Waals surface area contributed by atoms with Crippen molar-refractivity contribution in [1.82, 2.24) is 5.16 Å². The predicted molar refractivity (Wildman–Crippen MR) is 117 cm³/mol. The zero-order chi connectivity index (χ0) is 21.3. The predicted octanol–water partition coefficient (Wildman–Crippen LogP) is 4.95. The first-order valence-electron chi connectivity index (χ1n) is 9.47. The van der Waals surface area contributed by atoms with E-state index in [4.69, 9.17) is 4.52 Å². The Balaban J connectivity index is 2.06. The average Bonchev–Trinajstić information content (AvgIpc) is 3.08. The lowest BCUT2D eigenvalue weighted by Crippen LogP contribution is -2.17. The molecule has 7 heteroatoms. The number of nitrogens with zero attached hydrogens (tertiary/aromatic N) is 2. The van der Waals surface area contributed by atoms with Crippen LogP contribution in [0.2, 0.25) is 0 Å². The summed E-state index contributed by atoms with van der Waals surface area (Å²) in [6.07, 6.45) is 0. The van der Waals surface area contributed by atoms with Crippen LogP contribution < -0.4 is 9.62 Å². The minimum absolute atomic E-state index is 0.0439. The second kappa shape index (κ2) is 7.91. The van der Waals surface area contributed by atoms with Crippen LogP contribution in [0.25, 0.3) is 11.3 Å². The van der Waals surface area contributed by atoms with Crippen LogP contribution in [-0.4, -0.2) is 27.7 Å². The maximum Gasteiger partial charge on any atom is 0.262 e. The van der Waals surface area contributed by atoms with Crippen molar-refractivity contribution in [2.24, 2.45) is 0 Å². The minimum atomic E-state index is -3.80. The number of aromatic nitrogens is 1. The van der Waals surface area contributed by atoms with Gasteiger partial charge in [0.05, 0.1) is 16.3 Å². The molecule has 3 rings (SSSR count). The van der Waals surface area contributed by atoms with Crippen LogP contribution in [-0.2, 0) is 10.0 Å². The van der Waals surface area contributed by atoms with E-state index in [9.17, 15) is 8.42 Å². The highest BCUT2D eigenvalue weighted by molar-refractivity contribution is 7.92. The molecule has 2 aromatic carbocycles. The molecule has 0 fully saturated rings. The molecule has 0 unspecified atom stereocenters. The molecule has 6 nitrogen and oxygen atoms in total. The molecule has 0 aliphatic heterocycles. The third-order valence-electron chi connectivity index (χ3n) is 4.78. The van der Waals surface area contributed by atoms with E-state index in [0.29, 0.717) is 17.0 Å². The van der Waals surface area contributed by atoms with E-state index in [0.717, 1.165) is 22.5 Å². The van der Waals surface area contributed by atoms with E-state index in [1.807, 2.05) is 71.0 Å². The van der Waals surface area contributed by atoms with Crippen LogP contribution in [0.3, 0.4) is 0 Å². The molecule has 154 valence electrons. The number of hydrogen-bond donors (Lipinski definition) is 1. The van der Waals surface area contributed by atoms with Gasteiger partial charge in [-0.1, -0.05) is 37.2 Å². The van der Waals surface area contributed by atoms with Gasteiger partial charge in [-0.15, -0.1) is 0 Å². The Labute approximate surface area is 172 Å². The van der Waals surface area contributed by atoms with Crippen LogP contribution >= 0.6 is 0 Å². The third-order valence-corrected chi connectivity index (χ3v) is 6.22. The Kier molecular flexibility index (Phi) is 5.71. The van der Waals surface area contributed by atoms with Gasteiger partial charge in [0.15, 0.2) is 5.76 Å². The Bertz CT molecular complexity index is 1130. The van der Waals surface area contributed by atoms with Crippen LogP contribution in [0.1, 0.15) is 36.6 Å².